The third-order valence-corrected chi connectivity index (χ3v) is 4.51. The minimum atomic E-state index is -0.0373. The molecule has 134 valence electrons. The quantitative estimate of drug-likeness (QED) is 0.825. The molecule has 1 aliphatic rings. The van der Waals surface area contributed by atoms with Crippen molar-refractivity contribution in [3.05, 3.63) is 29.3 Å². The van der Waals surface area contributed by atoms with Crippen LogP contribution < -0.4 is 10.5 Å². The summed E-state index contributed by atoms with van der Waals surface area (Å²) in [7, 11) is 1.57. The number of rotatable bonds is 5. The molecule has 0 aromatic heterocycles. The molecule has 2 N–H and O–H groups in total. The molecular formula is C18H27ClN2O3. The first-order chi connectivity index (χ1) is 10.9. The van der Waals surface area contributed by atoms with E-state index in [9.17, 15) is 9.59 Å². The first-order valence-electron chi connectivity index (χ1n) is 8.17. The van der Waals surface area contributed by atoms with Gasteiger partial charge in [-0.25, -0.2) is 0 Å². The van der Waals surface area contributed by atoms with E-state index < -0.39 is 0 Å². The number of carbonyl (C=O) groups excluding carboxylic acids is 2. The van der Waals surface area contributed by atoms with Gasteiger partial charge in [-0.05, 0) is 51.3 Å². The van der Waals surface area contributed by atoms with E-state index in [2.05, 4.69) is 0 Å². The number of piperidine rings is 1. The molecule has 0 aliphatic carbocycles. The van der Waals surface area contributed by atoms with Crippen LogP contribution in [0.3, 0.4) is 0 Å². The molecule has 24 heavy (non-hydrogen) atoms. The molecule has 0 spiro atoms. The van der Waals surface area contributed by atoms with Gasteiger partial charge in [0.05, 0.1) is 13.5 Å². The zero-order valence-corrected chi connectivity index (χ0v) is 15.4. The number of amides is 1. The number of halogens is 1. The molecule has 2 atom stereocenters. The van der Waals surface area contributed by atoms with Gasteiger partial charge in [0, 0.05) is 29.8 Å². The molecule has 0 bridgehead atoms. The maximum atomic E-state index is 12.8. The zero-order valence-electron chi connectivity index (χ0n) is 14.6. The lowest BCUT2D eigenvalue weighted by Gasteiger charge is -2.38. The Labute approximate surface area is 149 Å². The Morgan fingerprint density at radius 2 is 2.08 bits per heavy atom. The summed E-state index contributed by atoms with van der Waals surface area (Å²) in [5.74, 6) is 0.663. The van der Waals surface area contributed by atoms with Crippen LogP contribution in [0.2, 0.25) is 0 Å². The van der Waals surface area contributed by atoms with Gasteiger partial charge in [-0.1, -0.05) is 0 Å². The van der Waals surface area contributed by atoms with Crippen molar-refractivity contribution >= 4 is 24.1 Å². The second kappa shape index (κ2) is 9.04. The fraction of sp³-hybridized carbons (Fsp3) is 0.556. The Balaban J connectivity index is 0.00000288. The van der Waals surface area contributed by atoms with Crippen molar-refractivity contribution in [3.63, 3.8) is 0 Å². The summed E-state index contributed by atoms with van der Waals surface area (Å²) in [6.07, 6.45) is 3.31. The summed E-state index contributed by atoms with van der Waals surface area (Å²) in [4.78, 5) is 26.2. The zero-order chi connectivity index (χ0) is 17.0. The molecule has 1 heterocycles. The second-order valence-electron chi connectivity index (χ2n) is 6.27. The predicted octanol–water partition coefficient (Wildman–Crippen LogP) is 2.59. The van der Waals surface area contributed by atoms with Crippen LogP contribution in [0.1, 0.15) is 49.0 Å². The summed E-state index contributed by atoms with van der Waals surface area (Å²) in [5, 5.41) is 0. The van der Waals surface area contributed by atoms with Crippen LogP contribution in [0.15, 0.2) is 18.2 Å². The topological polar surface area (TPSA) is 72.6 Å². The summed E-state index contributed by atoms with van der Waals surface area (Å²) < 4.78 is 5.34. The Bertz CT molecular complexity index is 590. The monoisotopic (exact) mass is 354 g/mol. The number of ether oxygens (including phenoxy) is 1. The maximum Gasteiger partial charge on any atom is 0.227 e. The molecule has 5 nitrogen and oxygen atoms in total. The number of methoxy groups -OCH3 is 1. The smallest absolute Gasteiger partial charge is 0.227 e. The van der Waals surface area contributed by atoms with E-state index in [0.29, 0.717) is 11.3 Å². The average molecular weight is 355 g/mol. The molecule has 2 unspecified atom stereocenters. The van der Waals surface area contributed by atoms with Crippen LogP contribution in [-0.2, 0) is 11.2 Å². The predicted molar refractivity (Wildman–Crippen MR) is 97.0 cm³/mol. The average Bonchev–Trinajstić information content (AvgIpc) is 2.54. The molecule has 1 saturated heterocycles. The molecule has 0 radical (unpaired) electrons. The van der Waals surface area contributed by atoms with Gasteiger partial charge in [0.15, 0.2) is 5.78 Å². The molecule has 6 heteroatoms. The lowest BCUT2D eigenvalue weighted by Crippen LogP contribution is -2.52. The molecule has 0 saturated carbocycles. The highest BCUT2D eigenvalue weighted by Crippen LogP contribution is 2.24. The number of carbonyl (C=O) groups is 2. The van der Waals surface area contributed by atoms with E-state index in [0.717, 1.165) is 31.4 Å². The van der Waals surface area contributed by atoms with Crippen LogP contribution in [-0.4, -0.2) is 42.3 Å². The van der Waals surface area contributed by atoms with E-state index >= 15 is 0 Å². The number of ketones is 1. The summed E-state index contributed by atoms with van der Waals surface area (Å²) >= 11 is 0. The Hall–Kier alpha value is -1.59. The molecule has 1 fully saturated rings. The molecular weight excluding hydrogens is 328 g/mol. The van der Waals surface area contributed by atoms with Gasteiger partial charge in [-0.15, -0.1) is 12.4 Å². The third kappa shape index (κ3) is 4.71. The lowest BCUT2D eigenvalue weighted by atomic mass is 9.95. The van der Waals surface area contributed by atoms with Crippen LogP contribution in [0, 0.1) is 0 Å². The largest absolute Gasteiger partial charge is 0.496 e. The van der Waals surface area contributed by atoms with Crippen molar-refractivity contribution in [2.45, 2.75) is 51.6 Å². The van der Waals surface area contributed by atoms with Gasteiger partial charge in [-0.3, -0.25) is 9.59 Å². The summed E-state index contributed by atoms with van der Waals surface area (Å²) in [6, 6.07) is 5.28. The third-order valence-electron chi connectivity index (χ3n) is 4.51. The lowest BCUT2D eigenvalue weighted by molar-refractivity contribution is -0.134. The van der Waals surface area contributed by atoms with E-state index in [1.54, 1.807) is 25.3 Å². The number of benzene rings is 1. The van der Waals surface area contributed by atoms with Crippen LogP contribution in [0.5, 0.6) is 5.75 Å². The van der Waals surface area contributed by atoms with E-state index in [-0.39, 0.29) is 42.6 Å². The van der Waals surface area contributed by atoms with Crippen molar-refractivity contribution in [1.82, 2.24) is 4.90 Å². The van der Waals surface area contributed by atoms with Crippen molar-refractivity contribution in [2.75, 3.05) is 13.7 Å². The van der Waals surface area contributed by atoms with Gasteiger partial charge in [0.1, 0.15) is 5.75 Å². The van der Waals surface area contributed by atoms with Crippen molar-refractivity contribution in [3.8, 4) is 5.75 Å². The maximum absolute atomic E-state index is 12.8. The van der Waals surface area contributed by atoms with E-state index in [1.807, 2.05) is 11.8 Å². The summed E-state index contributed by atoms with van der Waals surface area (Å²) in [5.41, 5.74) is 7.39. The van der Waals surface area contributed by atoms with Gasteiger partial charge in [0.2, 0.25) is 5.91 Å². The van der Waals surface area contributed by atoms with Crippen molar-refractivity contribution in [1.29, 1.82) is 0 Å². The number of nitrogens with two attached hydrogens (primary N) is 1. The van der Waals surface area contributed by atoms with Gasteiger partial charge in [-0.2, -0.15) is 0 Å². The van der Waals surface area contributed by atoms with Crippen LogP contribution >= 0.6 is 12.4 Å². The van der Waals surface area contributed by atoms with Crippen molar-refractivity contribution < 1.29 is 14.3 Å². The SMILES string of the molecule is COc1ccc(C(C)=O)cc1CC(=O)N1CCCCC1C(C)N.Cl. The normalized spacial score (nSPS) is 18.5. The van der Waals surface area contributed by atoms with Gasteiger partial charge >= 0.3 is 0 Å². The summed E-state index contributed by atoms with van der Waals surface area (Å²) in [6.45, 7) is 4.22. The van der Waals surface area contributed by atoms with E-state index in [4.69, 9.17) is 10.5 Å². The van der Waals surface area contributed by atoms with Crippen LogP contribution in [0.25, 0.3) is 0 Å². The van der Waals surface area contributed by atoms with Gasteiger partial charge in [0.25, 0.3) is 0 Å². The molecule has 1 aromatic rings. The minimum absolute atomic E-state index is 0. The fourth-order valence-corrected chi connectivity index (χ4v) is 3.21. The first kappa shape index (κ1) is 20.5. The number of hydrogen-bond donors (Lipinski definition) is 1. The van der Waals surface area contributed by atoms with E-state index in [1.165, 1.54) is 6.92 Å². The highest BCUT2D eigenvalue weighted by molar-refractivity contribution is 5.94. The van der Waals surface area contributed by atoms with Crippen molar-refractivity contribution in [2.24, 2.45) is 5.73 Å². The number of nitrogens with zero attached hydrogens (tertiary/aromatic N) is 1. The Morgan fingerprint density at radius 3 is 2.67 bits per heavy atom. The Morgan fingerprint density at radius 1 is 1.38 bits per heavy atom. The first-order valence-corrected chi connectivity index (χ1v) is 8.17. The molecule has 1 aliphatic heterocycles. The Kier molecular flexibility index (Phi) is 7.70. The van der Waals surface area contributed by atoms with Crippen LogP contribution in [0.4, 0.5) is 0 Å². The standard InChI is InChI=1S/C18H26N2O3.ClH/c1-12(19)16-6-4-5-9-20(16)18(22)11-15-10-14(13(2)21)7-8-17(15)23-3;/h7-8,10,12,16H,4-6,9,11,19H2,1-3H3;1H. The highest BCUT2D eigenvalue weighted by atomic mass is 35.5. The fourth-order valence-electron chi connectivity index (χ4n) is 3.21. The molecule has 2 rings (SSSR count). The van der Waals surface area contributed by atoms with Gasteiger partial charge < -0.3 is 15.4 Å². The number of Topliss-reactive ketones (excluding diaryl/α,β-unsaturated/α-hetero) is 1. The number of hydrogen-bond acceptors (Lipinski definition) is 4. The minimum Gasteiger partial charge on any atom is -0.496 e. The highest BCUT2D eigenvalue weighted by Gasteiger charge is 2.29. The molecule has 1 aromatic carbocycles. The second-order valence-corrected chi connectivity index (χ2v) is 6.27. The number of likely N-dealkylation sites (tertiary alicyclic amines) is 1. The molecule has 1 amide bonds.